The zero-order chi connectivity index (χ0) is 10.4. The Bertz CT molecular complexity index is 179. The van der Waals surface area contributed by atoms with Crippen molar-refractivity contribution in [3.05, 3.63) is 11.8 Å². The number of rotatable bonds is 4. The predicted molar refractivity (Wildman–Crippen MR) is 58.2 cm³/mol. The maximum atomic E-state index is 9.02. The minimum Gasteiger partial charge on any atom is -0.516 e. The maximum Gasteiger partial charge on any atom is 0.0809 e. The van der Waals surface area contributed by atoms with E-state index in [1.54, 1.807) is 0 Å². The first-order chi connectivity index (χ1) is 6.81. The minimum absolute atomic E-state index is 0.0135. The third kappa shape index (κ3) is 3.02. The third-order valence-electron chi connectivity index (χ3n) is 3.42. The van der Waals surface area contributed by atoms with Gasteiger partial charge in [0.05, 0.1) is 12.9 Å². The molecule has 0 atom stereocenters. The molecule has 0 aromatic carbocycles. The Labute approximate surface area is 86.6 Å². The van der Waals surface area contributed by atoms with E-state index in [1.807, 2.05) is 0 Å². The first-order valence-electron chi connectivity index (χ1n) is 5.75. The first-order valence-corrected chi connectivity index (χ1v) is 5.75. The van der Waals surface area contributed by atoms with Crippen LogP contribution in [-0.4, -0.2) is 16.8 Å². The van der Waals surface area contributed by atoms with Crippen LogP contribution in [0.2, 0.25) is 0 Å². The van der Waals surface area contributed by atoms with Crippen molar-refractivity contribution in [1.29, 1.82) is 0 Å². The summed E-state index contributed by atoms with van der Waals surface area (Å²) in [6.07, 6.45) is 8.51. The summed E-state index contributed by atoms with van der Waals surface area (Å²) in [6.45, 7) is 2.25. The monoisotopic (exact) mass is 198 g/mol. The number of aliphatic hydroxyl groups excluding tert-OH is 2. The molecule has 0 saturated heterocycles. The fourth-order valence-corrected chi connectivity index (χ4v) is 2.51. The molecule has 2 nitrogen and oxygen atoms in total. The highest BCUT2D eigenvalue weighted by molar-refractivity contribution is 5.04. The van der Waals surface area contributed by atoms with Crippen molar-refractivity contribution in [2.24, 2.45) is 11.8 Å². The van der Waals surface area contributed by atoms with Crippen molar-refractivity contribution in [2.75, 3.05) is 6.61 Å². The van der Waals surface area contributed by atoms with Crippen LogP contribution >= 0.6 is 0 Å². The molecule has 0 bridgehead atoms. The smallest absolute Gasteiger partial charge is 0.0809 e. The standard InChI is InChI=1S/C12H22O2/c1-2-3-10-4-6-11(7-5-10)12(8-13)9-14/h8,10-11,13-14H,2-7,9H2,1H3/t10-,11-. The van der Waals surface area contributed by atoms with Crippen LogP contribution in [0.1, 0.15) is 45.4 Å². The van der Waals surface area contributed by atoms with Gasteiger partial charge in [0.25, 0.3) is 0 Å². The molecular weight excluding hydrogens is 176 g/mol. The van der Waals surface area contributed by atoms with Crippen LogP contribution in [0.5, 0.6) is 0 Å². The molecule has 1 aliphatic rings. The Kier molecular flexibility index (Phi) is 5.02. The lowest BCUT2D eigenvalue weighted by atomic mass is 9.77. The van der Waals surface area contributed by atoms with Gasteiger partial charge in [-0.05, 0) is 43.1 Å². The van der Waals surface area contributed by atoms with Crippen molar-refractivity contribution in [1.82, 2.24) is 0 Å². The van der Waals surface area contributed by atoms with Gasteiger partial charge in [0.2, 0.25) is 0 Å². The van der Waals surface area contributed by atoms with Gasteiger partial charge in [-0.15, -0.1) is 0 Å². The van der Waals surface area contributed by atoms with Crippen LogP contribution in [0, 0.1) is 11.8 Å². The Balaban J connectivity index is 2.35. The summed E-state index contributed by atoms with van der Waals surface area (Å²) in [7, 11) is 0. The third-order valence-corrected chi connectivity index (χ3v) is 3.42. The summed E-state index contributed by atoms with van der Waals surface area (Å²) in [5.41, 5.74) is 0.819. The van der Waals surface area contributed by atoms with Crippen molar-refractivity contribution in [2.45, 2.75) is 45.4 Å². The van der Waals surface area contributed by atoms with Gasteiger partial charge in [-0.3, -0.25) is 0 Å². The van der Waals surface area contributed by atoms with Gasteiger partial charge >= 0.3 is 0 Å². The van der Waals surface area contributed by atoms with Gasteiger partial charge in [0.15, 0.2) is 0 Å². The molecule has 1 saturated carbocycles. The van der Waals surface area contributed by atoms with E-state index in [-0.39, 0.29) is 6.61 Å². The summed E-state index contributed by atoms with van der Waals surface area (Å²) in [5.74, 6) is 1.31. The lowest BCUT2D eigenvalue weighted by Crippen LogP contribution is -2.17. The van der Waals surface area contributed by atoms with Gasteiger partial charge < -0.3 is 10.2 Å². The summed E-state index contributed by atoms with van der Waals surface area (Å²) in [6, 6.07) is 0. The highest BCUT2D eigenvalue weighted by atomic mass is 16.3. The average Bonchev–Trinajstić information content (AvgIpc) is 2.23. The molecule has 0 aromatic rings. The van der Waals surface area contributed by atoms with E-state index < -0.39 is 0 Å². The molecule has 0 amide bonds. The predicted octanol–water partition coefficient (Wildman–Crippen LogP) is 3.03. The Morgan fingerprint density at radius 2 is 1.93 bits per heavy atom. The Morgan fingerprint density at radius 3 is 2.36 bits per heavy atom. The lowest BCUT2D eigenvalue weighted by Gasteiger charge is -2.29. The average molecular weight is 198 g/mol. The second kappa shape index (κ2) is 6.07. The Hall–Kier alpha value is -0.500. The van der Waals surface area contributed by atoms with Gasteiger partial charge in [0, 0.05) is 0 Å². The molecule has 0 spiro atoms. The maximum absolute atomic E-state index is 9.02. The zero-order valence-electron chi connectivity index (χ0n) is 9.08. The van der Waals surface area contributed by atoms with Gasteiger partial charge in [-0.2, -0.15) is 0 Å². The topological polar surface area (TPSA) is 40.5 Å². The molecule has 14 heavy (non-hydrogen) atoms. The number of hydrogen-bond donors (Lipinski definition) is 2. The number of hydrogen-bond acceptors (Lipinski definition) is 2. The molecule has 82 valence electrons. The summed E-state index contributed by atoms with van der Waals surface area (Å²) in [5, 5.41) is 17.9. The largest absolute Gasteiger partial charge is 0.516 e. The van der Waals surface area contributed by atoms with Crippen molar-refractivity contribution in [3.63, 3.8) is 0 Å². The van der Waals surface area contributed by atoms with Crippen LogP contribution in [-0.2, 0) is 0 Å². The fraction of sp³-hybridized carbons (Fsp3) is 0.833. The highest BCUT2D eigenvalue weighted by Gasteiger charge is 2.22. The highest BCUT2D eigenvalue weighted by Crippen LogP contribution is 2.34. The second-order valence-corrected chi connectivity index (χ2v) is 4.37. The van der Waals surface area contributed by atoms with Crippen LogP contribution in [0.4, 0.5) is 0 Å². The second-order valence-electron chi connectivity index (χ2n) is 4.37. The summed E-state index contributed by atoms with van der Waals surface area (Å²) in [4.78, 5) is 0. The molecule has 1 aliphatic carbocycles. The quantitative estimate of drug-likeness (QED) is 0.682. The number of aliphatic hydroxyl groups is 2. The van der Waals surface area contributed by atoms with E-state index in [4.69, 9.17) is 10.2 Å². The fourth-order valence-electron chi connectivity index (χ4n) is 2.51. The minimum atomic E-state index is 0.0135. The van der Waals surface area contributed by atoms with Gasteiger partial charge in [0.1, 0.15) is 0 Å². The molecule has 0 unspecified atom stereocenters. The van der Waals surface area contributed by atoms with Gasteiger partial charge in [-0.1, -0.05) is 19.8 Å². The van der Waals surface area contributed by atoms with Crippen LogP contribution in [0.15, 0.2) is 11.8 Å². The molecule has 0 aliphatic heterocycles. The zero-order valence-corrected chi connectivity index (χ0v) is 9.08. The normalized spacial score (nSPS) is 29.1. The molecule has 2 heteroatoms. The van der Waals surface area contributed by atoms with E-state index in [1.165, 1.54) is 25.7 Å². The van der Waals surface area contributed by atoms with Crippen molar-refractivity contribution < 1.29 is 10.2 Å². The van der Waals surface area contributed by atoms with Crippen molar-refractivity contribution >= 4 is 0 Å². The Morgan fingerprint density at radius 1 is 1.29 bits per heavy atom. The van der Waals surface area contributed by atoms with E-state index >= 15 is 0 Å². The van der Waals surface area contributed by atoms with E-state index in [2.05, 4.69) is 6.92 Å². The van der Waals surface area contributed by atoms with Crippen LogP contribution in [0.3, 0.4) is 0 Å². The van der Waals surface area contributed by atoms with Crippen LogP contribution < -0.4 is 0 Å². The molecule has 0 heterocycles. The van der Waals surface area contributed by atoms with Crippen LogP contribution in [0.25, 0.3) is 0 Å². The van der Waals surface area contributed by atoms with E-state index in [0.29, 0.717) is 5.92 Å². The lowest BCUT2D eigenvalue weighted by molar-refractivity contribution is 0.247. The molecule has 1 rings (SSSR count). The van der Waals surface area contributed by atoms with E-state index in [0.717, 1.165) is 30.6 Å². The molecule has 2 N–H and O–H groups in total. The first kappa shape index (κ1) is 11.6. The van der Waals surface area contributed by atoms with Crippen molar-refractivity contribution in [3.8, 4) is 0 Å². The molecular formula is C12H22O2. The molecule has 0 aromatic heterocycles. The van der Waals surface area contributed by atoms with Gasteiger partial charge in [-0.25, -0.2) is 0 Å². The summed E-state index contributed by atoms with van der Waals surface area (Å²) >= 11 is 0. The molecule has 0 radical (unpaired) electrons. The molecule has 1 fully saturated rings. The SMILES string of the molecule is CCC[C@H]1CC[C@H](C(=CO)CO)CC1. The summed E-state index contributed by atoms with van der Waals surface area (Å²) < 4.78 is 0. The van der Waals surface area contributed by atoms with E-state index in [9.17, 15) is 0 Å².